The molecule has 2 atom stereocenters. The molecular weight excluding hydrogens is 348 g/mol. The summed E-state index contributed by atoms with van der Waals surface area (Å²) in [4.78, 5) is 30.9. The molecule has 142 valence electrons. The lowest BCUT2D eigenvalue weighted by Crippen LogP contribution is -2.31. The molecule has 3 heterocycles. The van der Waals surface area contributed by atoms with Gasteiger partial charge in [-0.15, -0.1) is 0 Å². The molecule has 9 heteroatoms. The molecule has 3 aromatic rings. The lowest BCUT2D eigenvalue weighted by molar-refractivity contribution is 0.0697. The third-order valence-corrected chi connectivity index (χ3v) is 5.20. The predicted molar refractivity (Wildman–Crippen MR) is 98.1 cm³/mol. The molecule has 1 saturated carbocycles. The summed E-state index contributed by atoms with van der Waals surface area (Å²) in [6, 6.07) is 0.151. The van der Waals surface area contributed by atoms with Crippen LogP contribution in [0.25, 0.3) is 17.0 Å². The highest BCUT2D eigenvalue weighted by molar-refractivity contribution is 5.87. The molecule has 1 aliphatic carbocycles. The fraction of sp³-hybridized carbons (Fsp3) is 0.500. The number of hydrogen-bond donors (Lipinski definition) is 2. The first-order chi connectivity index (χ1) is 12.7. The van der Waals surface area contributed by atoms with Crippen molar-refractivity contribution in [2.24, 2.45) is 11.3 Å². The number of hydrogen-bond acceptors (Lipinski definition) is 5. The highest BCUT2D eigenvalue weighted by atomic mass is 16.4. The Bertz CT molecular complexity index is 1080. The molecule has 0 aliphatic heterocycles. The van der Waals surface area contributed by atoms with Gasteiger partial charge >= 0.3 is 5.97 Å². The van der Waals surface area contributed by atoms with Gasteiger partial charge in [-0.25, -0.2) is 14.5 Å². The summed E-state index contributed by atoms with van der Waals surface area (Å²) in [7, 11) is 0. The Morgan fingerprint density at radius 2 is 2.07 bits per heavy atom. The number of nitrogens with zero attached hydrogens (tertiary/aromatic N) is 5. The Balaban J connectivity index is 1.76. The van der Waals surface area contributed by atoms with Crippen molar-refractivity contribution in [1.82, 2.24) is 29.5 Å². The summed E-state index contributed by atoms with van der Waals surface area (Å²) in [5, 5.41) is 17.4. The van der Waals surface area contributed by atoms with Crippen molar-refractivity contribution < 1.29 is 9.90 Å². The van der Waals surface area contributed by atoms with Gasteiger partial charge in [0.25, 0.3) is 5.56 Å². The number of nitrogens with one attached hydrogen (secondary N) is 1. The fourth-order valence-electron chi connectivity index (χ4n) is 4.37. The first-order valence-corrected chi connectivity index (χ1v) is 8.99. The van der Waals surface area contributed by atoms with Gasteiger partial charge in [-0.05, 0) is 30.6 Å². The van der Waals surface area contributed by atoms with E-state index in [0.717, 1.165) is 19.3 Å². The van der Waals surface area contributed by atoms with Crippen LogP contribution in [0.2, 0.25) is 0 Å². The number of carboxylic acid groups (broad SMARTS) is 1. The maximum absolute atomic E-state index is 12.8. The monoisotopic (exact) mass is 370 g/mol. The van der Waals surface area contributed by atoms with E-state index < -0.39 is 5.97 Å². The molecule has 4 rings (SSSR count). The molecule has 1 aliphatic rings. The van der Waals surface area contributed by atoms with Gasteiger partial charge in [-0.1, -0.05) is 20.8 Å². The first kappa shape index (κ1) is 17.4. The van der Waals surface area contributed by atoms with Gasteiger partial charge in [-0.3, -0.25) is 14.5 Å². The zero-order valence-electron chi connectivity index (χ0n) is 15.5. The average molecular weight is 370 g/mol. The predicted octanol–water partition coefficient (Wildman–Crippen LogP) is 2.39. The van der Waals surface area contributed by atoms with Crippen LogP contribution in [0.15, 0.2) is 23.4 Å². The molecule has 0 amide bonds. The molecule has 0 saturated heterocycles. The molecule has 3 aromatic heterocycles. The second kappa shape index (κ2) is 6.04. The average Bonchev–Trinajstić information content (AvgIpc) is 3.20. The lowest BCUT2D eigenvalue weighted by Gasteiger charge is -2.39. The number of rotatable bonds is 3. The Labute approximate surface area is 155 Å². The number of aromatic carboxylic acids is 1. The van der Waals surface area contributed by atoms with Gasteiger partial charge in [0.15, 0.2) is 5.52 Å². The van der Waals surface area contributed by atoms with Crippen LogP contribution in [0.4, 0.5) is 0 Å². The van der Waals surface area contributed by atoms with Crippen LogP contribution in [0, 0.1) is 11.3 Å². The van der Waals surface area contributed by atoms with Crippen molar-refractivity contribution >= 4 is 17.0 Å². The third kappa shape index (κ3) is 3.13. The highest BCUT2D eigenvalue weighted by Crippen LogP contribution is 2.44. The van der Waals surface area contributed by atoms with E-state index in [1.807, 2.05) is 0 Å². The summed E-state index contributed by atoms with van der Waals surface area (Å²) in [5.41, 5.74) is 0.822. The molecular formula is C18H22N6O3. The number of carboxylic acids is 1. The summed E-state index contributed by atoms with van der Waals surface area (Å²) in [6.45, 7) is 6.73. The van der Waals surface area contributed by atoms with E-state index in [-0.39, 0.29) is 28.5 Å². The topological polar surface area (TPSA) is 119 Å². The van der Waals surface area contributed by atoms with Gasteiger partial charge in [0.05, 0.1) is 24.0 Å². The fourth-order valence-corrected chi connectivity index (χ4v) is 4.37. The Morgan fingerprint density at radius 1 is 1.30 bits per heavy atom. The van der Waals surface area contributed by atoms with E-state index in [0.29, 0.717) is 17.0 Å². The van der Waals surface area contributed by atoms with Gasteiger partial charge in [-0.2, -0.15) is 10.2 Å². The maximum atomic E-state index is 12.8. The highest BCUT2D eigenvalue weighted by Gasteiger charge is 2.34. The molecule has 9 nitrogen and oxygen atoms in total. The molecule has 2 N–H and O–H groups in total. The summed E-state index contributed by atoms with van der Waals surface area (Å²) in [6.07, 6.45) is 7.19. The number of H-pyrrole nitrogens is 1. The molecule has 0 radical (unpaired) electrons. The summed E-state index contributed by atoms with van der Waals surface area (Å²) >= 11 is 0. The zero-order chi connectivity index (χ0) is 19.3. The van der Waals surface area contributed by atoms with E-state index in [2.05, 4.69) is 40.9 Å². The quantitative estimate of drug-likeness (QED) is 0.731. The van der Waals surface area contributed by atoms with Crippen LogP contribution >= 0.6 is 0 Å². The zero-order valence-corrected chi connectivity index (χ0v) is 15.5. The third-order valence-electron chi connectivity index (χ3n) is 5.20. The molecule has 0 aromatic carbocycles. The van der Waals surface area contributed by atoms with E-state index in [1.54, 1.807) is 10.9 Å². The minimum absolute atomic E-state index is 0.0202. The van der Waals surface area contributed by atoms with E-state index in [1.165, 1.54) is 17.1 Å². The van der Waals surface area contributed by atoms with Crippen molar-refractivity contribution in [3.63, 3.8) is 0 Å². The SMILES string of the molecule is C[C@H]1C[C@@H](n2ncc3nc(-n4cc(C(=O)O)cn4)[nH]c(=O)c32)CC(C)(C)C1. The maximum Gasteiger partial charge on any atom is 0.338 e. The van der Waals surface area contributed by atoms with E-state index >= 15 is 0 Å². The van der Waals surface area contributed by atoms with Crippen LogP contribution in [0.5, 0.6) is 0 Å². The van der Waals surface area contributed by atoms with Gasteiger partial charge in [0.1, 0.15) is 5.52 Å². The molecule has 1 fully saturated rings. The standard InChI is InChI=1S/C18H22N6O3/c1-10-4-12(6-18(2,3)5-10)24-14-13(8-20-24)21-17(22-15(14)25)23-9-11(7-19-23)16(26)27/h7-10,12H,4-6H2,1-3H3,(H,26,27)(H,21,22,25)/t10-,12+/m0/s1. The van der Waals surface area contributed by atoms with Crippen LogP contribution < -0.4 is 5.56 Å². The minimum Gasteiger partial charge on any atom is -0.478 e. The van der Waals surface area contributed by atoms with Crippen molar-refractivity contribution in [3.05, 3.63) is 34.5 Å². The van der Waals surface area contributed by atoms with E-state index in [9.17, 15) is 9.59 Å². The van der Waals surface area contributed by atoms with Gasteiger partial charge in [0.2, 0.25) is 5.95 Å². The number of fused-ring (bicyclic) bond motifs is 1. The molecule has 0 bridgehead atoms. The van der Waals surface area contributed by atoms with Crippen molar-refractivity contribution in [3.8, 4) is 5.95 Å². The van der Waals surface area contributed by atoms with Crippen LogP contribution in [-0.4, -0.2) is 40.6 Å². The Kier molecular flexibility index (Phi) is 3.90. The molecule has 0 unspecified atom stereocenters. The van der Waals surface area contributed by atoms with Crippen molar-refractivity contribution in [1.29, 1.82) is 0 Å². The normalized spacial score (nSPS) is 22.2. The Morgan fingerprint density at radius 3 is 2.74 bits per heavy atom. The summed E-state index contributed by atoms with van der Waals surface area (Å²) < 4.78 is 3.04. The lowest BCUT2D eigenvalue weighted by atomic mass is 9.70. The van der Waals surface area contributed by atoms with Crippen LogP contribution in [-0.2, 0) is 0 Å². The van der Waals surface area contributed by atoms with E-state index in [4.69, 9.17) is 5.11 Å². The van der Waals surface area contributed by atoms with Crippen molar-refractivity contribution in [2.75, 3.05) is 0 Å². The first-order valence-electron chi connectivity index (χ1n) is 8.99. The van der Waals surface area contributed by atoms with Crippen molar-refractivity contribution in [2.45, 2.75) is 46.1 Å². The second-order valence-electron chi connectivity index (χ2n) is 8.26. The van der Waals surface area contributed by atoms with Crippen LogP contribution in [0.1, 0.15) is 56.4 Å². The number of aromatic nitrogens is 6. The van der Waals surface area contributed by atoms with Crippen LogP contribution in [0.3, 0.4) is 0 Å². The summed E-state index contributed by atoms with van der Waals surface area (Å²) in [5.74, 6) is -0.369. The second-order valence-corrected chi connectivity index (χ2v) is 8.26. The number of aromatic amines is 1. The molecule has 0 spiro atoms. The molecule has 27 heavy (non-hydrogen) atoms. The van der Waals surface area contributed by atoms with Gasteiger partial charge < -0.3 is 5.11 Å². The Hall–Kier alpha value is -2.97. The number of carbonyl (C=O) groups is 1. The minimum atomic E-state index is -1.09. The smallest absolute Gasteiger partial charge is 0.338 e. The van der Waals surface area contributed by atoms with Gasteiger partial charge in [0, 0.05) is 6.20 Å². The largest absolute Gasteiger partial charge is 0.478 e.